The zero-order valence-corrected chi connectivity index (χ0v) is 11.6. The van der Waals surface area contributed by atoms with Crippen molar-refractivity contribution in [3.63, 3.8) is 0 Å². The van der Waals surface area contributed by atoms with E-state index in [4.69, 9.17) is 0 Å². The van der Waals surface area contributed by atoms with Gasteiger partial charge in [0.15, 0.2) is 0 Å². The smallest absolute Gasteiger partial charge is 0.0991 e. The molecule has 0 bridgehead atoms. The summed E-state index contributed by atoms with van der Waals surface area (Å²) in [7, 11) is 1.93. The highest BCUT2D eigenvalue weighted by molar-refractivity contribution is 5.46. The molecule has 0 saturated carbocycles. The van der Waals surface area contributed by atoms with Gasteiger partial charge in [0, 0.05) is 37.9 Å². The van der Waals surface area contributed by atoms with Crippen LogP contribution in [0.3, 0.4) is 0 Å². The van der Waals surface area contributed by atoms with Gasteiger partial charge in [-0.25, -0.2) is 4.98 Å². The summed E-state index contributed by atoms with van der Waals surface area (Å²) >= 11 is 0. The van der Waals surface area contributed by atoms with E-state index in [1.165, 1.54) is 5.56 Å². The van der Waals surface area contributed by atoms with Gasteiger partial charge in [0.25, 0.3) is 0 Å². The Hall–Kier alpha value is -2.56. The number of rotatable bonds is 4. The van der Waals surface area contributed by atoms with Gasteiger partial charge in [0.05, 0.1) is 17.7 Å². The standard InChI is InChI=1S/C15H17N5/c1-12-15(10-19(2)18-12)17-9-13-3-5-14(6-4-13)20-8-7-16-11-20/h3-8,10-11,17H,9H2,1-2H3. The second kappa shape index (κ2) is 5.21. The number of nitrogens with zero attached hydrogens (tertiary/aromatic N) is 4. The maximum Gasteiger partial charge on any atom is 0.0991 e. The molecule has 2 heterocycles. The number of hydrogen-bond acceptors (Lipinski definition) is 3. The lowest BCUT2D eigenvalue weighted by atomic mass is 10.2. The molecule has 102 valence electrons. The minimum absolute atomic E-state index is 0.788. The Labute approximate surface area is 117 Å². The van der Waals surface area contributed by atoms with E-state index in [0.717, 1.165) is 23.6 Å². The molecule has 3 rings (SSSR count). The van der Waals surface area contributed by atoms with Gasteiger partial charge in [-0.1, -0.05) is 12.1 Å². The van der Waals surface area contributed by atoms with Crippen molar-refractivity contribution in [2.24, 2.45) is 7.05 Å². The van der Waals surface area contributed by atoms with Crippen LogP contribution in [0.15, 0.2) is 49.2 Å². The SMILES string of the molecule is Cc1nn(C)cc1NCc1ccc(-n2ccnc2)cc1. The van der Waals surface area contributed by atoms with E-state index < -0.39 is 0 Å². The van der Waals surface area contributed by atoms with E-state index in [0.29, 0.717) is 0 Å². The molecular weight excluding hydrogens is 250 g/mol. The van der Waals surface area contributed by atoms with Gasteiger partial charge >= 0.3 is 0 Å². The second-order valence-corrected chi connectivity index (χ2v) is 4.79. The van der Waals surface area contributed by atoms with E-state index in [2.05, 4.69) is 39.7 Å². The maximum absolute atomic E-state index is 4.32. The Morgan fingerprint density at radius 2 is 2.00 bits per heavy atom. The van der Waals surface area contributed by atoms with Crippen LogP contribution >= 0.6 is 0 Å². The van der Waals surface area contributed by atoms with Crippen LogP contribution in [0, 0.1) is 6.92 Å². The van der Waals surface area contributed by atoms with Crippen molar-refractivity contribution in [2.45, 2.75) is 13.5 Å². The van der Waals surface area contributed by atoms with E-state index in [-0.39, 0.29) is 0 Å². The Bertz CT molecular complexity index is 680. The third kappa shape index (κ3) is 2.56. The fourth-order valence-corrected chi connectivity index (χ4v) is 2.17. The Balaban J connectivity index is 1.68. The molecular formula is C15H17N5. The first-order valence-corrected chi connectivity index (χ1v) is 6.54. The normalized spacial score (nSPS) is 10.7. The molecule has 0 amide bonds. The summed E-state index contributed by atoms with van der Waals surface area (Å²) in [6, 6.07) is 8.42. The van der Waals surface area contributed by atoms with Crippen LogP contribution in [0.1, 0.15) is 11.3 Å². The molecule has 0 spiro atoms. The molecule has 1 N–H and O–H groups in total. The highest BCUT2D eigenvalue weighted by atomic mass is 15.3. The average molecular weight is 267 g/mol. The second-order valence-electron chi connectivity index (χ2n) is 4.79. The van der Waals surface area contributed by atoms with Crippen LogP contribution in [0.2, 0.25) is 0 Å². The third-order valence-electron chi connectivity index (χ3n) is 3.24. The molecule has 0 aliphatic rings. The van der Waals surface area contributed by atoms with Crippen LogP contribution in [0.5, 0.6) is 0 Å². The fourth-order valence-electron chi connectivity index (χ4n) is 2.17. The highest BCUT2D eigenvalue weighted by Crippen LogP contribution is 2.14. The summed E-state index contributed by atoms with van der Waals surface area (Å²) in [6.07, 6.45) is 7.51. The number of aryl methyl sites for hydroxylation is 2. The first kappa shape index (κ1) is 12.5. The van der Waals surface area contributed by atoms with Crippen LogP contribution in [0.25, 0.3) is 5.69 Å². The van der Waals surface area contributed by atoms with Gasteiger partial charge < -0.3 is 9.88 Å². The van der Waals surface area contributed by atoms with Gasteiger partial charge in [-0.2, -0.15) is 5.10 Å². The minimum atomic E-state index is 0.788. The van der Waals surface area contributed by atoms with Crippen molar-refractivity contribution >= 4 is 5.69 Å². The molecule has 2 aromatic heterocycles. The molecule has 3 aromatic rings. The van der Waals surface area contributed by atoms with E-state index in [9.17, 15) is 0 Å². The van der Waals surface area contributed by atoms with Crippen molar-refractivity contribution in [3.8, 4) is 5.69 Å². The van der Waals surface area contributed by atoms with Gasteiger partial charge in [-0.05, 0) is 24.6 Å². The number of imidazole rings is 1. The summed E-state index contributed by atoms with van der Waals surface area (Å²) < 4.78 is 3.81. The van der Waals surface area contributed by atoms with Gasteiger partial charge in [0.2, 0.25) is 0 Å². The lowest BCUT2D eigenvalue weighted by molar-refractivity contribution is 0.756. The van der Waals surface area contributed by atoms with Gasteiger partial charge in [0.1, 0.15) is 0 Å². The lowest BCUT2D eigenvalue weighted by Crippen LogP contribution is -2.00. The van der Waals surface area contributed by atoms with Crippen molar-refractivity contribution in [1.82, 2.24) is 19.3 Å². The summed E-state index contributed by atoms with van der Waals surface area (Å²) in [5.41, 5.74) is 4.44. The summed E-state index contributed by atoms with van der Waals surface area (Å²) in [5.74, 6) is 0. The zero-order chi connectivity index (χ0) is 13.9. The van der Waals surface area contributed by atoms with Gasteiger partial charge in [-0.15, -0.1) is 0 Å². The lowest BCUT2D eigenvalue weighted by Gasteiger charge is -2.07. The molecule has 1 aromatic carbocycles. The first-order chi connectivity index (χ1) is 9.72. The van der Waals surface area contributed by atoms with Crippen molar-refractivity contribution in [1.29, 1.82) is 0 Å². The molecule has 0 aliphatic heterocycles. The molecule has 5 heteroatoms. The summed E-state index contributed by atoms with van der Waals surface area (Å²) in [5, 5.41) is 7.72. The van der Waals surface area contributed by atoms with Gasteiger partial charge in [-0.3, -0.25) is 4.68 Å². The predicted molar refractivity (Wildman–Crippen MR) is 78.8 cm³/mol. The van der Waals surface area contributed by atoms with Crippen molar-refractivity contribution in [2.75, 3.05) is 5.32 Å². The molecule has 0 atom stereocenters. The molecule has 0 radical (unpaired) electrons. The first-order valence-electron chi connectivity index (χ1n) is 6.54. The van der Waals surface area contributed by atoms with Crippen LogP contribution in [0.4, 0.5) is 5.69 Å². The van der Waals surface area contributed by atoms with E-state index in [1.54, 1.807) is 12.5 Å². The number of anilines is 1. The predicted octanol–water partition coefficient (Wildman–Crippen LogP) is 2.53. The van der Waals surface area contributed by atoms with E-state index >= 15 is 0 Å². The quantitative estimate of drug-likeness (QED) is 0.790. The molecule has 20 heavy (non-hydrogen) atoms. The van der Waals surface area contributed by atoms with Crippen LogP contribution < -0.4 is 5.32 Å². The third-order valence-corrected chi connectivity index (χ3v) is 3.24. The summed E-state index contributed by atoms with van der Waals surface area (Å²) in [4.78, 5) is 4.05. The largest absolute Gasteiger partial charge is 0.378 e. The number of hydrogen-bond donors (Lipinski definition) is 1. The highest BCUT2D eigenvalue weighted by Gasteiger charge is 2.02. The van der Waals surface area contributed by atoms with Crippen LogP contribution in [-0.2, 0) is 13.6 Å². The molecule has 0 unspecified atom stereocenters. The summed E-state index contributed by atoms with van der Waals surface area (Å²) in [6.45, 7) is 2.79. The average Bonchev–Trinajstić information content (AvgIpc) is 3.07. The maximum atomic E-state index is 4.32. The number of nitrogens with one attached hydrogen (secondary N) is 1. The monoisotopic (exact) mass is 267 g/mol. The Morgan fingerprint density at radius 3 is 2.60 bits per heavy atom. The van der Waals surface area contributed by atoms with E-state index in [1.807, 2.05) is 35.6 Å². The van der Waals surface area contributed by atoms with Crippen molar-refractivity contribution < 1.29 is 0 Å². The van der Waals surface area contributed by atoms with Crippen LogP contribution in [-0.4, -0.2) is 19.3 Å². The molecule has 5 nitrogen and oxygen atoms in total. The topological polar surface area (TPSA) is 47.7 Å². The minimum Gasteiger partial charge on any atom is -0.378 e. The zero-order valence-electron chi connectivity index (χ0n) is 11.6. The molecule has 0 fully saturated rings. The Kier molecular flexibility index (Phi) is 3.25. The number of benzene rings is 1. The van der Waals surface area contributed by atoms with Crippen molar-refractivity contribution in [3.05, 3.63) is 60.4 Å². The molecule has 0 aliphatic carbocycles. The Morgan fingerprint density at radius 1 is 1.20 bits per heavy atom. The number of aromatic nitrogens is 4. The molecule has 0 saturated heterocycles. The fraction of sp³-hybridized carbons (Fsp3) is 0.200.